The minimum absolute atomic E-state index is 0.00969. The van der Waals surface area contributed by atoms with Crippen LogP contribution >= 0.6 is 0 Å². The van der Waals surface area contributed by atoms with Gasteiger partial charge in [-0.25, -0.2) is 26.8 Å². The summed E-state index contributed by atoms with van der Waals surface area (Å²) >= 11 is 0. The lowest BCUT2D eigenvalue weighted by atomic mass is 10.1. The van der Waals surface area contributed by atoms with E-state index in [1.165, 1.54) is 0 Å². The summed E-state index contributed by atoms with van der Waals surface area (Å²) in [6.07, 6.45) is 3.54. The van der Waals surface area contributed by atoms with Crippen molar-refractivity contribution in [2.24, 2.45) is 0 Å². The van der Waals surface area contributed by atoms with Crippen molar-refractivity contribution in [2.75, 3.05) is 35.1 Å². The summed E-state index contributed by atoms with van der Waals surface area (Å²) < 4.78 is 54.3. The highest BCUT2D eigenvalue weighted by molar-refractivity contribution is 7.92. The van der Waals surface area contributed by atoms with Crippen molar-refractivity contribution in [1.82, 2.24) is 23.8 Å². The molecule has 0 amide bonds. The van der Waals surface area contributed by atoms with E-state index in [2.05, 4.69) is 24.6 Å². The number of aromatic nitrogens is 4. The first-order valence-electron chi connectivity index (χ1n) is 12.7. The number of benzene rings is 1. The third-order valence-electron chi connectivity index (χ3n) is 7.10. The van der Waals surface area contributed by atoms with Crippen molar-refractivity contribution >= 4 is 42.6 Å². The van der Waals surface area contributed by atoms with Crippen LogP contribution in [0.15, 0.2) is 36.5 Å². The number of H-pyrrole nitrogens is 1. The zero-order chi connectivity index (χ0) is 28.1. The van der Waals surface area contributed by atoms with E-state index >= 15 is 0 Å². The Hall–Kier alpha value is -3.42. The smallest absolute Gasteiger partial charge is 0.229 e. The summed E-state index contributed by atoms with van der Waals surface area (Å²) in [4.78, 5) is 12.6. The van der Waals surface area contributed by atoms with Crippen LogP contribution in [0.3, 0.4) is 0 Å². The molecule has 0 radical (unpaired) electrons. The Labute approximate surface area is 228 Å². The molecule has 0 spiro atoms. The topological polar surface area (TPSA) is 142 Å². The molecule has 4 heterocycles. The number of imidazole rings is 1. The lowest BCUT2D eigenvalue weighted by molar-refractivity contribution is 0.476. The Balaban J connectivity index is 1.48. The first-order chi connectivity index (χ1) is 18.4. The fraction of sp³-hybridized carbons (Fsp3) is 0.385. The number of rotatable bonds is 8. The highest BCUT2D eigenvalue weighted by Gasteiger charge is 2.30. The van der Waals surface area contributed by atoms with E-state index < -0.39 is 20.0 Å². The number of sulfonamides is 2. The van der Waals surface area contributed by atoms with Gasteiger partial charge in [-0.05, 0) is 63.9 Å². The lowest BCUT2D eigenvalue weighted by Crippen LogP contribution is -2.32. The molecule has 11 nitrogen and oxygen atoms in total. The second kappa shape index (κ2) is 9.96. The number of nitrogens with one attached hydrogen (secondary N) is 3. The average molecular weight is 572 g/mol. The number of fused-ring (bicyclic) bond motifs is 1. The number of hydrogen-bond acceptors (Lipinski definition) is 7. The van der Waals surface area contributed by atoms with E-state index in [1.807, 2.05) is 45.0 Å². The van der Waals surface area contributed by atoms with Gasteiger partial charge in [0.1, 0.15) is 11.3 Å². The van der Waals surface area contributed by atoms with Crippen molar-refractivity contribution in [2.45, 2.75) is 40.2 Å². The summed E-state index contributed by atoms with van der Waals surface area (Å²) in [5.74, 6) is 0.760. The van der Waals surface area contributed by atoms with Crippen molar-refractivity contribution in [3.05, 3.63) is 53.5 Å². The lowest BCUT2D eigenvalue weighted by Gasteiger charge is -2.17. The maximum atomic E-state index is 12.3. The molecule has 1 aliphatic heterocycles. The average Bonchev–Trinajstić information content (AvgIpc) is 3.58. The molecule has 1 atom stereocenters. The molecule has 39 heavy (non-hydrogen) atoms. The number of aryl methyl sites for hydroxylation is 2. The third kappa shape index (κ3) is 5.38. The number of aromatic amines is 1. The highest BCUT2D eigenvalue weighted by Crippen LogP contribution is 2.33. The van der Waals surface area contributed by atoms with Crippen LogP contribution in [0.1, 0.15) is 30.3 Å². The van der Waals surface area contributed by atoms with Gasteiger partial charge >= 0.3 is 0 Å². The van der Waals surface area contributed by atoms with Crippen LogP contribution in [0.25, 0.3) is 28.2 Å². The molecular formula is C26H33N7O4S2. The van der Waals surface area contributed by atoms with Crippen LogP contribution < -0.4 is 10.0 Å². The maximum Gasteiger partial charge on any atom is 0.229 e. The second-order valence-electron chi connectivity index (χ2n) is 10.0. The molecule has 0 aliphatic carbocycles. The van der Waals surface area contributed by atoms with E-state index in [0.717, 1.165) is 52.1 Å². The van der Waals surface area contributed by atoms with Crippen LogP contribution in [0.4, 0.5) is 11.4 Å². The highest BCUT2D eigenvalue weighted by atomic mass is 32.2. The van der Waals surface area contributed by atoms with Gasteiger partial charge in [-0.2, -0.15) is 4.31 Å². The third-order valence-corrected chi connectivity index (χ3v) is 9.55. The zero-order valence-corrected chi connectivity index (χ0v) is 24.2. The largest absolute Gasteiger partial charge is 0.379 e. The van der Waals surface area contributed by atoms with Crippen LogP contribution in [-0.4, -0.2) is 71.8 Å². The Morgan fingerprint density at radius 2 is 1.87 bits per heavy atom. The Morgan fingerprint density at radius 1 is 1.10 bits per heavy atom. The fourth-order valence-electron chi connectivity index (χ4n) is 5.16. The molecule has 3 aromatic heterocycles. The van der Waals surface area contributed by atoms with Gasteiger partial charge < -0.3 is 14.9 Å². The Kier molecular flexibility index (Phi) is 6.93. The normalized spacial score (nSPS) is 16.7. The summed E-state index contributed by atoms with van der Waals surface area (Å²) in [5.41, 5.74) is 7.31. The van der Waals surface area contributed by atoms with E-state index in [0.29, 0.717) is 30.2 Å². The fourth-order valence-corrected chi connectivity index (χ4v) is 6.87. The maximum absolute atomic E-state index is 12.3. The molecule has 1 aliphatic rings. The van der Waals surface area contributed by atoms with Gasteiger partial charge in [-0.1, -0.05) is 6.07 Å². The van der Waals surface area contributed by atoms with Crippen LogP contribution in [0.5, 0.6) is 0 Å². The molecule has 13 heteroatoms. The van der Waals surface area contributed by atoms with Gasteiger partial charge in [0.15, 0.2) is 5.65 Å². The first-order valence-corrected chi connectivity index (χ1v) is 16.2. The van der Waals surface area contributed by atoms with Crippen molar-refractivity contribution < 1.29 is 16.8 Å². The molecular weight excluding hydrogens is 538 g/mol. The molecule has 208 valence electrons. The van der Waals surface area contributed by atoms with Gasteiger partial charge in [-0.15, -0.1) is 0 Å². The van der Waals surface area contributed by atoms with Crippen LogP contribution in [-0.2, 0) is 20.0 Å². The molecule has 3 N–H and O–H groups in total. The Bertz CT molecular complexity index is 1780. The van der Waals surface area contributed by atoms with Crippen molar-refractivity contribution in [3.8, 4) is 17.1 Å². The summed E-state index contributed by atoms with van der Waals surface area (Å²) in [6.45, 7) is 8.57. The van der Waals surface area contributed by atoms with Gasteiger partial charge in [0.05, 0.1) is 29.1 Å². The molecule has 0 saturated carbocycles. The summed E-state index contributed by atoms with van der Waals surface area (Å²) in [5, 5.41) is 3.49. The van der Waals surface area contributed by atoms with E-state index in [-0.39, 0.29) is 11.8 Å². The summed E-state index contributed by atoms with van der Waals surface area (Å²) in [7, 11) is -6.62. The number of hydrogen-bond donors (Lipinski definition) is 3. The van der Waals surface area contributed by atoms with E-state index in [1.54, 1.807) is 23.5 Å². The number of nitrogens with zero attached hydrogens (tertiary/aromatic N) is 4. The monoisotopic (exact) mass is 571 g/mol. The second-order valence-corrected chi connectivity index (χ2v) is 14.0. The quantitative estimate of drug-likeness (QED) is 0.294. The minimum Gasteiger partial charge on any atom is -0.379 e. The van der Waals surface area contributed by atoms with Crippen molar-refractivity contribution in [3.63, 3.8) is 0 Å². The molecule has 1 fully saturated rings. The van der Waals surface area contributed by atoms with Gasteiger partial charge in [0.2, 0.25) is 20.0 Å². The van der Waals surface area contributed by atoms with Gasteiger partial charge in [0, 0.05) is 42.3 Å². The number of pyridine rings is 1. The predicted molar refractivity (Wildman–Crippen MR) is 154 cm³/mol. The van der Waals surface area contributed by atoms with Gasteiger partial charge in [-0.3, -0.25) is 4.72 Å². The number of anilines is 2. The molecule has 5 rings (SSSR count). The van der Waals surface area contributed by atoms with Crippen LogP contribution in [0.2, 0.25) is 0 Å². The SMILES string of the molecule is CCS(=O)(=O)N1CCC(Nc2ccnc3nc(-c4cc(C)n(-c5cc(NS(C)(=O)=O)ccc5C)c4C)[nH]c23)C1. The first kappa shape index (κ1) is 27.2. The Morgan fingerprint density at radius 3 is 2.59 bits per heavy atom. The zero-order valence-electron chi connectivity index (χ0n) is 22.6. The summed E-state index contributed by atoms with van der Waals surface area (Å²) in [6, 6.07) is 9.36. The molecule has 1 aromatic carbocycles. The minimum atomic E-state index is -3.41. The van der Waals surface area contributed by atoms with Crippen LogP contribution in [0, 0.1) is 20.8 Å². The standard InChI is InChI=1S/C26H33N7O4S2/c1-6-39(36,37)32-12-10-20(15-32)28-22-9-11-27-26-24(22)29-25(30-26)21-13-17(3)33(18(21)4)23-14-19(8-7-16(23)2)31-38(5,34)35/h7-9,11,13-14,20,31H,6,10,12,15H2,1-5H3,(H2,27,28,29,30). The van der Waals surface area contributed by atoms with Gasteiger partial charge in [0.25, 0.3) is 0 Å². The molecule has 1 unspecified atom stereocenters. The predicted octanol–water partition coefficient (Wildman–Crippen LogP) is 3.55. The van der Waals surface area contributed by atoms with E-state index in [9.17, 15) is 16.8 Å². The van der Waals surface area contributed by atoms with E-state index in [4.69, 9.17) is 4.98 Å². The molecule has 1 saturated heterocycles. The van der Waals surface area contributed by atoms with Crippen molar-refractivity contribution in [1.29, 1.82) is 0 Å². The molecule has 0 bridgehead atoms. The molecule has 4 aromatic rings.